The van der Waals surface area contributed by atoms with Gasteiger partial charge in [0.2, 0.25) is 5.78 Å². The van der Waals surface area contributed by atoms with Gasteiger partial charge < -0.3 is 9.47 Å². The lowest BCUT2D eigenvalue weighted by Gasteiger charge is -2.33. The molecule has 0 radical (unpaired) electrons. The van der Waals surface area contributed by atoms with Crippen LogP contribution < -0.4 is 9.47 Å². The van der Waals surface area contributed by atoms with Crippen LogP contribution in [0, 0.1) is 13.8 Å². The van der Waals surface area contributed by atoms with E-state index in [0.717, 1.165) is 27.3 Å². The maximum Gasteiger partial charge on any atom is 0.232 e. The average Bonchev–Trinajstić information content (AvgIpc) is 3.35. The minimum absolute atomic E-state index is 0.0362. The molecule has 0 N–H and O–H groups in total. The predicted octanol–water partition coefficient (Wildman–Crippen LogP) is 3.32. The number of ether oxygens (including phenoxy) is 2. The van der Waals surface area contributed by atoms with Crippen molar-refractivity contribution >= 4 is 33.0 Å². The number of ketones is 1. The van der Waals surface area contributed by atoms with Gasteiger partial charge in [-0.2, -0.15) is 0 Å². The fourth-order valence-corrected chi connectivity index (χ4v) is 6.82. The first kappa shape index (κ1) is 18.8. The third-order valence-electron chi connectivity index (χ3n) is 5.85. The number of carbonyl (C=O) groups excluding carboxylic acids is 1. The van der Waals surface area contributed by atoms with Gasteiger partial charge in [-0.05, 0) is 43.3 Å². The van der Waals surface area contributed by atoms with Gasteiger partial charge in [-0.25, -0.2) is 8.42 Å². The highest BCUT2D eigenvalue weighted by Gasteiger charge is 2.37. The SMILES string of the molecule is Cc1ccsc1/C=C1\Oc2c(cc3c(c2C)OCN(C2CCS(=O)(=O)C2)C3)C1=O. The molecule has 1 atom stereocenters. The predicted molar refractivity (Wildman–Crippen MR) is 111 cm³/mol. The second-order valence-corrected chi connectivity index (χ2v) is 11.0. The Labute approximate surface area is 173 Å². The van der Waals surface area contributed by atoms with Crippen molar-refractivity contribution in [1.82, 2.24) is 4.90 Å². The molecule has 1 saturated heterocycles. The van der Waals surface area contributed by atoms with Gasteiger partial charge in [0.15, 0.2) is 15.6 Å². The first-order chi connectivity index (χ1) is 13.8. The van der Waals surface area contributed by atoms with Gasteiger partial charge in [0.05, 0.1) is 17.1 Å². The zero-order valence-electron chi connectivity index (χ0n) is 16.2. The second-order valence-electron chi connectivity index (χ2n) is 7.85. The maximum absolute atomic E-state index is 13.0. The highest BCUT2D eigenvalue weighted by Crippen LogP contribution is 2.44. The Hall–Kier alpha value is -2.16. The second kappa shape index (κ2) is 6.68. The number of allylic oxidation sites excluding steroid dienone is 1. The van der Waals surface area contributed by atoms with E-state index in [2.05, 4.69) is 0 Å². The van der Waals surface area contributed by atoms with Crippen LogP contribution in [0.5, 0.6) is 11.5 Å². The lowest BCUT2D eigenvalue weighted by molar-refractivity contribution is 0.0637. The average molecular weight is 432 g/mol. The monoisotopic (exact) mass is 431 g/mol. The molecular weight excluding hydrogens is 410 g/mol. The molecule has 6 nitrogen and oxygen atoms in total. The first-order valence-corrected chi connectivity index (χ1v) is 12.2. The Bertz CT molecular complexity index is 1160. The molecule has 0 bridgehead atoms. The quantitative estimate of drug-likeness (QED) is 0.680. The molecule has 8 heteroatoms. The Morgan fingerprint density at radius 3 is 2.79 bits per heavy atom. The van der Waals surface area contributed by atoms with E-state index in [0.29, 0.717) is 36.8 Å². The fraction of sp³-hybridized carbons (Fsp3) is 0.381. The van der Waals surface area contributed by atoms with Gasteiger partial charge >= 0.3 is 0 Å². The van der Waals surface area contributed by atoms with Crippen LogP contribution in [0.2, 0.25) is 0 Å². The molecule has 1 aromatic carbocycles. The molecule has 5 rings (SSSR count). The highest BCUT2D eigenvalue weighted by molar-refractivity contribution is 7.91. The summed E-state index contributed by atoms with van der Waals surface area (Å²) in [6.45, 7) is 4.82. The van der Waals surface area contributed by atoms with E-state index in [4.69, 9.17) is 9.47 Å². The van der Waals surface area contributed by atoms with Crippen LogP contribution in [0.1, 0.15) is 38.3 Å². The molecule has 2 aromatic rings. The smallest absolute Gasteiger partial charge is 0.232 e. The number of thiophene rings is 1. The molecule has 3 aliphatic rings. The van der Waals surface area contributed by atoms with Crippen molar-refractivity contribution in [3.8, 4) is 11.5 Å². The van der Waals surface area contributed by atoms with E-state index in [1.165, 1.54) is 0 Å². The largest absolute Gasteiger partial charge is 0.477 e. The molecule has 0 aliphatic carbocycles. The van der Waals surface area contributed by atoms with Gasteiger partial charge in [-0.15, -0.1) is 11.3 Å². The molecule has 29 heavy (non-hydrogen) atoms. The standard InChI is InChI=1S/C21H21NO5S2/c1-12-3-5-28-18(12)8-17-19(23)16-7-14-9-22(15-4-6-29(24,25)10-15)11-26-20(14)13(2)21(16)27-17/h3,5,7-8,15H,4,6,9-11H2,1-2H3/b17-8-. The Kier molecular flexibility index (Phi) is 4.34. The van der Waals surface area contributed by atoms with E-state index < -0.39 is 9.84 Å². The summed E-state index contributed by atoms with van der Waals surface area (Å²) in [5.41, 5.74) is 3.38. The van der Waals surface area contributed by atoms with Crippen LogP contribution in [0.15, 0.2) is 23.3 Å². The van der Waals surface area contributed by atoms with E-state index in [9.17, 15) is 13.2 Å². The number of nitrogens with zero attached hydrogens (tertiary/aromatic N) is 1. The van der Waals surface area contributed by atoms with E-state index in [1.54, 1.807) is 17.4 Å². The van der Waals surface area contributed by atoms with E-state index in [1.807, 2.05) is 36.3 Å². The van der Waals surface area contributed by atoms with Crippen molar-refractivity contribution in [2.75, 3.05) is 18.2 Å². The topological polar surface area (TPSA) is 72.9 Å². The Morgan fingerprint density at radius 1 is 1.28 bits per heavy atom. The molecule has 3 aliphatic heterocycles. The van der Waals surface area contributed by atoms with Crippen molar-refractivity contribution in [3.63, 3.8) is 0 Å². The van der Waals surface area contributed by atoms with Crippen LogP contribution in [0.4, 0.5) is 0 Å². The molecule has 1 unspecified atom stereocenters. The number of aryl methyl sites for hydroxylation is 1. The molecule has 0 saturated carbocycles. The van der Waals surface area contributed by atoms with Crippen LogP contribution >= 0.6 is 11.3 Å². The van der Waals surface area contributed by atoms with Gasteiger partial charge in [-0.3, -0.25) is 9.69 Å². The zero-order chi connectivity index (χ0) is 20.3. The van der Waals surface area contributed by atoms with Crippen LogP contribution in [-0.4, -0.2) is 43.4 Å². The molecular formula is C21H21NO5S2. The highest BCUT2D eigenvalue weighted by atomic mass is 32.2. The molecule has 4 heterocycles. The molecule has 152 valence electrons. The van der Waals surface area contributed by atoms with Crippen LogP contribution in [0.25, 0.3) is 6.08 Å². The normalized spacial score (nSPS) is 24.3. The van der Waals surface area contributed by atoms with Crippen molar-refractivity contribution in [2.24, 2.45) is 0 Å². The van der Waals surface area contributed by atoms with Crippen LogP contribution in [0.3, 0.4) is 0 Å². The third-order valence-corrected chi connectivity index (χ3v) is 8.57. The molecule has 1 fully saturated rings. The number of hydrogen-bond acceptors (Lipinski definition) is 7. The molecule has 0 spiro atoms. The molecule has 0 amide bonds. The minimum atomic E-state index is -2.96. The summed E-state index contributed by atoms with van der Waals surface area (Å²) in [6, 6.07) is 3.82. The Balaban J connectivity index is 1.46. The summed E-state index contributed by atoms with van der Waals surface area (Å²) in [5, 5.41) is 1.99. The summed E-state index contributed by atoms with van der Waals surface area (Å²) in [7, 11) is -2.96. The lowest BCUT2D eigenvalue weighted by atomic mass is 9.99. The van der Waals surface area contributed by atoms with Crippen molar-refractivity contribution in [3.05, 3.63) is 50.4 Å². The van der Waals surface area contributed by atoms with E-state index >= 15 is 0 Å². The van der Waals surface area contributed by atoms with Crippen molar-refractivity contribution in [2.45, 2.75) is 32.9 Å². The fourth-order valence-electron chi connectivity index (χ4n) is 4.22. The van der Waals surface area contributed by atoms with Crippen molar-refractivity contribution < 1.29 is 22.7 Å². The van der Waals surface area contributed by atoms with Gasteiger partial charge in [0.25, 0.3) is 0 Å². The summed E-state index contributed by atoms with van der Waals surface area (Å²) in [5.74, 6) is 1.90. The maximum atomic E-state index is 13.0. The van der Waals surface area contributed by atoms with Gasteiger partial charge in [0.1, 0.15) is 18.2 Å². The number of carbonyl (C=O) groups is 1. The Morgan fingerprint density at radius 2 is 2.10 bits per heavy atom. The number of fused-ring (bicyclic) bond motifs is 2. The number of benzene rings is 1. The molecule has 1 aromatic heterocycles. The minimum Gasteiger partial charge on any atom is -0.477 e. The van der Waals surface area contributed by atoms with Gasteiger partial charge in [0, 0.05) is 34.7 Å². The lowest BCUT2D eigenvalue weighted by Crippen LogP contribution is -2.41. The van der Waals surface area contributed by atoms with E-state index in [-0.39, 0.29) is 23.3 Å². The zero-order valence-corrected chi connectivity index (χ0v) is 17.9. The number of sulfone groups is 1. The number of rotatable bonds is 2. The van der Waals surface area contributed by atoms with Gasteiger partial charge in [-0.1, -0.05) is 0 Å². The summed E-state index contributed by atoms with van der Waals surface area (Å²) < 4.78 is 35.6. The number of Topliss-reactive ketones (excluding diaryl/α,β-unsaturated/α-hetero) is 1. The first-order valence-electron chi connectivity index (χ1n) is 9.54. The van der Waals surface area contributed by atoms with Crippen LogP contribution in [-0.2, 0) is 16.4 Å². The summed E-state index contributed by atoms with van der Waals surface area (Å²) in [6.07, 6.45) is 2.43. The third kappa shape index (κ3) is 3.19. The van der Waals surface area contributed by atoms with Crippen molar-refractivity contribution in [1.29, 1.82) is 0 Å². The number of hydrogen-bond donors (Lipinski definition) is 0. The summed E-state index contributed by atoms with van der Waals surface area (Å²) in [4.78, 5) is 16.0. The summed E-state index contributed by atoms with van der Waals surface area (Å²) >= 11 is 1.57.